The molecule has 0 N–H and O–H groups in total. The van der Waals surface area contributed by atoms with E-state index >= 15 is 0 Å². The first-order chi connectivity index (χ1) is 6.49. The molecule has 1 aromatic heterocycles. The lowest BCUT2D eigenvalue weighted by Gasteiger charge is -2.03. The molecule has 1 aromatic rings. The van der Waals surface area contributed by atoms with Gasteiger partial charge in [-0.2, -0.15) is 0 Å². The third kappa shape index (κ3) is 2.10. The molecule has 76 valence electrons. The zero-order valence-electron chi connectivity index (χ0n) is 7.40. The summed E-state index contributed by atoms with van der Waals surface area (Å²) < 4.78 is 23.0. The molecule has 0 aliphatic rings. The van der Waals surface area contributed by atoms with Gasteiger partial charge in [-0.1, -0.05) is 6.92 Å². The highest BCUT2D eigenvalue weighted by molar-refractivity contribution is 7.91. The Morgan fingerprint density at radius 3 is 2.71 bits per heavy atom. The molecule has 0 spiro atoms. The van der Waals surface area contributed by atoms with Crippen LogP contribution in [-0.2, 0) is 9.84 Å². The van der Waals surface area contributed by atoms with Crippen LogP contribution in [0.5, 0.6) is 0 Å². The average molecular weight is 234 g/mol. The number of carbonyl (C=O) groups is 1. The Hall–Kier alpha value is -0.940. The van der Waals surface area contributed by atoms with Crippen molar-refractivity contribution in [3.63, 3.8) is 0 Å². The van der Waals surface area contributed by atoms with E-state index in [1.54, 1.807) is 0 Å². The number of pyridine rings is 1. The number of hydrogen-bond donors (Lipinski definition) is 0. The molecule has 0 aliphatic heterocycles. The molecule has 0 radical (unpaired) electrons. The van der Waals surface area contributed by atoms with E-state index in [0.29, 0.717) is 0 Å². The van der Waals surface area contributed by atoms with Crippen LogP contribution >= 0.6 is 11.6 Å². The molecule has 0 amide bonds. The molecule has 0 aromatic carbocycles. The first kappa shape index (κ1) is 11.1. The molecule has 0 aliphatic carbocycles. The number of rotatable bonds is 3. The SMILES string of the molecule is CCS(=O)(=O)c1cccnc1C(=O)Cl. The summed E-state index contributed by atoms with van der Waals surface area (Å²) in [5, 5.41) is -0.863. The highest BCUT2D eigenvalue weighted by Gasteiger charge is 2.20. The molecule has 0 saturated carbocycles. The van der Waals surface area contributed by atoms with Crippen molar-refractivity contribution < 1.29 is 13.2 Å². The number of nitrogens with zero attached hydrogens (tertiary/aromatic N) is 1. The standard InChI is InChI=1S/C8H8ClNO3S/c1-2-14(12,13)6-4-3-5-10-7(6)8(9)11/h3-5H,2H2,1H3. The van der Waals surface area contributed by atoms with Crippen molar-refractivity contribution >= 4 is 26.7 Å². The lowest BCUT2D eigenvalue weighted by Crippen LogP contribution is -2.10. The third-order valence-electron chi connectivity index (χ3n) is 1.67. The largest absolute Gasteiger partial charge is 0.274 e. The third-order valence-corrected chi connectivity index (χ3v) is 3.61. The Morgan fingerprint density at radius 1 is 1.57 bits per heavy atom. The van der Waals surface area contributed by atoms with Gasteiger partial charge >= 0.3 is 0 Å². The highest BCUT2D eigenvalue weighted by atomic mass is 35.5. The van der Waals surface area contributed by atoms with Crippen LogP contribution in [0.4, 0.5) is 0 Å². The fourth-order valence-electron chi connectivity index (χ4n) is 0.945. The van der Waals surface area contributed by atoms with Crippen LogP contribution in [0.1, 0.15) is 17.4 Å². The molecule has 4 nitrogen and oxygen atoms in total. The number of halogens is 1. The van der Waals surface area contributed by atoms with Crippen molar-refractivity contribution in [2.45, 2.75) is 11.8 Å². The first-order valence-electron chi connectivity index (χ1n) is 3.86. The number of carbonyl (C=O) groups excluding carboxylic acids is 1. The molecule has 6 heteroatoms. The normalized spacial score (nSPS) is 11.3. The Bertz CT molecular complexity index is 455. The fraction of sp³-hybridized carbons (Fsp3) is 0.250. The Balaban J connectivity index is 3.42. The van der Waals surface area contributed by atoms with Gasteiger partial charge in [-0.3, -0.25) is 9.78 Å². The topological polar surface area (TPSA) is 64.1 Å². The van der Waals surface area contributed by atoms with Crippen molar-refractivity contribution in [1.82, 2.24) is 4.98 Å². The van der Waals surface area contributed by atoms with Gasteiger partial charge in [-0.25, -0.2) is 8.42 Å². The van der Waals surface area contributed by atoms with E-state index in [9.17, 15) is 13.2 Å². The number of sulfone groups is 1. The summed E-state index contributed by atoms with van der Waals surface area (Å²) in [6.45, 7) is 1.49. The van der Waals surface area contributed by atoms with Gasteiger partial charge in [0.1, 0.15) is 5.69 Å². The van der Waals surface area contributed by atoms with Crippen molar-refractivity contribution in [3.8, 4) is 0 Å². The van der Waals surface area contributed by atoms with Gasteiger partial charge < -0.3 is 0 Å². The minimum Gasteiger partial charge on any atom is -0.274 e. The van der Waals surface area contributed by atoms with Gasteiger partial charge in [0.05, 0.1) is 10.6 Å². The van der Waals surface area contributed by atoms with Crippen LogP contribution in [0.15, 0.2) is 23.2 Å². The van der Waals surface area contributed by atoms with Gasteiger partial charge in [0.25, 0.3) is 5.24 Å². The van der Waals surface area contributed by atoms with Crippen molar-refractivity contribution in [2.75, 3.05) is 5.75 Å². The van der Waals surface area contributed by atoms with Crippen LogP contribution in [0.3, 0.4) is 0 Å². The Morgan fingerprint density at radius 2 is 2.21 bits per heavy atom. The van der Waals surface area contributed by atoms with Crippen molar-refractivity contribution in [1.29, 1.82) is 0 Å². The van der Waals surface area contributed by atoms with E-state index in [4.69, 9.17) is 11.6 Å². The molecule has 1 heterocycles. The molecular formula is C8H8ClNO3S. The second-order valence-electron chi connectivity index (χ2n) is 2.53. The van der Waals surface area contributed by atoms with Gasteiger partial charge in [-0.15, -0.1) is 0 Å². The maximum absolute atomic E-state index is 11.5. The smallest absolute Gasteiger partial charge is 0.272 e. The average Bonchev–Trinajstić information content (AvgIpc) is 2.18. The quantitative estimate of drug-likeness (QED) is 0.738. The molecule has 1 rings (SSSR count). The van der Waals surface area contributed by atoms with Crippen LogP contribution in [0.25, 0.3) is 0 Å². The summed E-state index contributed by atoms with van der Waals surface area (Å²) in [5.74, 6) is -0.0874. The van der Waals surface area contributed by atoms with Crippen LogP contribution in [0.2, 0.25) is 0 Å². The molecule has 0 bridgehead atoms. The van der Waals surface area contributed by atoms with Gasteiger partial charge in [0, 0.05) is 6.20 Å². The minimum absolute atomic E-state index is 0.0874. The van der Waals surface area contributed by atoms with E-state index in [2.05, 4.69) is 4.98 Å². The molecule has 0 fully saturated rings. The highest BCUT2D eigenvalue weighted by Crippen LogP contribution is 2.16. The molecule has 0 unspecified atom stereocenters. The predicted octanol–water partition coefficient (Wildman–Crippen LogP) is 1.25. The lowest BCUT2D eigenvalue weighted by molar-refractivity contribution is 0.107. The second-order valence-corrected chi connectivity index (χ2v) is 5.12. The molecular weight excluding hydrogens is 226 g/mol. The molecule has 14 heavy (non-hydrogen) atoms. The fourth-order valence-corrected chi connectivity index (χ4v) is 2.19. The van der Waals surface area contributed by atoms with Crippen LogP contribution < -0.4 is 0 Å². The zero-order valence-corrected chi connectivity index (χ0v) is 8.97. The molecule has 0 atom stereocenters. The first-order valence-corrected chi connectivity index (χ1v) is 5.89. The van der Waals surface area contributed by atoms with Crippen molar-refractivity contribution in [3.05, 3.63) is 24.0 Å². The van der Waals surface area contributed by atoms with Gasteiger partial charge in [0.15, 0.2) is 9.84 Å². The maximum Gasteiger partial charge on any atom is 0.272 e. The summed E-state index contributed by atoms with van der Waals surface area (Å²) in [6.07, 6.45) is 1.32. The second kappa shape index (κ2) is 4.06. The summed E-state index contributed by atoms with van der Waals surface area (Å²) in [5.41, 5.74) is -0.212. The van der Waals surface area contributed by atoms with E-state index in [1.807, 2.05) is 0 Å². The lowest BCUT2D eigenvalue weighted by atomic mass is 10.4. The van der Waals surface area contributed by atoms with Crippen LogP contribution in [0, 0.1) is 0 Å². The Labute approximate surface area is 86.8 Å². The maximum atomic E-state index is 11.5. The molecule has 0 saturated heterocycles. The predicted molar refractivity (Wildman–Crippen MR) is 52.1 cm³/mol. The van der Waals surface area contributed by atoms with E-state index in [0.717, 1.165) is 0 Å². The summed E-state index contributed by atoms with van der Waals surface area (Å²) >= 11 is 5.21. The number of hydrogen-bond acceptors (Lipinski definition) is 4. The van der Waals surface area contributed by atoms with Crippen LogP contribution in [-0.4, -0.2) is 24.4 Å². The summed E-state index contributed by atoms with van der Waals surface area (Å²) in [7, 11) is -3.44. The zero-order chi connectivity index (χ0) is 10.8. The van der Waals surface area contributed by atoms with Crippen molar-refractivity contribution in [2.24, 2.45) is 0 Å². The van der Waals surface area contributed by atoms with E-state index in [-0.39, 0.29) is 16.3 Å². The van der Waals surface area contributed by atoms with E-state index in [1.165, 1.54) is 25.3 Å². The minimum atomic E-state index is -3.44. The Kier molecular flexibility index (Phi) is 3.23. The summed E-state index contributed by atoms with van der Waals surface area (Å²) in [6, 6.07) is 2.77. The van der Waals surface area contributed by atoms with Gasteiger partial charge in [-0.05, 0) is 23.7 Å². The van der Waals surface area contributed by atoms with Gasteiger partial charge in [0.2, 0.25) is 0 Å². The monoisotopic (exact) mass is 233 g/mol. The van der Waals surface area contributed by atoms with E-state index < -0.39 is 15.1 Å². The number of aromatic nitrogens is 1. The summed E-state index contributed by atoms with van der Waals surface area (Å²) in [4.78, 5) is 14.4.